The van der Waals surface area contributed by atoms with E-state index in [-0.39, 0.29) is 6.04 Å². The highest BCUT2D eigenvalue weighted by atomic mass is 15.0. The molecule has 1 aromatic heterocycles. The zero-order valence-electron chi connectivity index (χ0n) is 7.13. The molecule has 0 amide bonds. The molecule has 1 unspecified atom stereocenters. The molecule has 0 bridgehead atoms. The highest BCUT2D eigenvalue weighted by molar-refractivity contribution is 5.03. The first-order chi connectivity index (χ1) is 5.24. The fourth-order valence-electron chi connectivity index (χ4n) is 0.755. The number of hydrogen-bond acceptors (Lipinski definition) is 3. The van der Waals surface area contributed by atoms with E-state index in [2.05, 4.69) is 15.3 Å². The highest BCUT2D eigenvalue weighted by Gasteiger charge is 2.03. The Morgan fingerprint density at radius 2 is 1.91 bits per heavy atom. The Morgan fingerprint density at radius 1 is 1.36 bits per heavy atom. The molecule has 0 aliphatic heterocycles. The van der Waals surface area contributed by atoms with E-state index < -0.39 is 0 Å². The number of rotatable bonds is 2. The summed E-state index contributed by atoms with van der Waals surface area (Å²) in [6.45, 7) is 4.01. The monoisotopic (exact) mass is 151 g/mol. The molecule has 3 nitrogen and oxygen atoms in total. The van der Waals surface area contributed by atoms with Crippen LogP contribution in [-0.2, 0) is 0 Å². The minimum absolute atomic E-state index is 0.232. The maximum absolute atomic E-state index is 4.18. The van der Waals surface area contributed by atoms with Gasteiger partial charge in [-0.15, -0.1) is 0 Å². The van der Waals surface area contributed by atoms with Gasteiger partial charge in [0.2, 0.25) is 0 Å². The van der Waals surface area contributed by atoms with E-state index in [1.165, 1.54) is 0 Å². The Balaban J connectivity index is 2.81. The molecule has 0 saturated heterocycles. The summed E-state index contributed by atoms with van der Waals surface area (Å²) in [4.78, 5) is 8.35. The van der Waals surface area contributed by atoms with Crippen molar-refractivity contribution in [3.63, 3.8) is 0 Å². The lowest BCUT2D eigenvalue weighted by Gasteiger charge is -2.07. The van der Waals surface area contributed by atoms with Gasteiger partial charge >= 0.3 is 0 Å². The number of nitrogens with zero attached hydrogens (tertiary/aromatic N) is 2. The minimum atomic E-state index is 0.232. The largest absolute Gasteiger partial charge is 0.311 e. The van der Waals surface area contributed by atoms with Crippen LogP contribution in [0.1, 0.15) is 24.4 Å². The number of nitrogens with one attached hydrogen (secondary N) is 1. The summed E-state index contributed by atoms with van der Waals surface area (Å²) < 4.78 is 0. The Hall–Kier alpha value is -0.960. The summed E-state index contributed by atoms with van der Waals surface area (Å²) in [5.74, 6) is 0.845. The van der Waals surface area contributed by atoms with Gasteiger partial charge in [-0.3, -0.25) is 0 Å². The fourth-order valence-corrected chi connectivity index (χ4v) is 0.755. The van der Waals surface area contributed by atoms with Crippen LogP contribution in [0.25, 0.3) is 0 Å². The van der Waals surface area contributed by atoms with Crippen molar-refractivity contribution < 1.29 is 0 Å². The summed E-state index contributed by atoms with van der Waals surface area (Å²) >= 11 is 0. The molecule has 0 radical (unpaired) electrons. The van der Waals surface area contributed by atoms with Gasteiger partial charge in [-0.1, -0.05) is 0 Å². The second kappa shape index (κ2) is 3.44. The molecule has 0 aliphatic rings. The minimum Gasteiger partial charge on any atom is -0.311 e. The molecule has 0 aliphatic carbocycles. The Bertz CT molecular complexity index is 217. The lowest BCUT2D eigenvalue weighted by atomic mass is 10.3. The van der Waals surface area contributed by atoms with Gasteiger partial charge in [0.05, 0.1) is 6.04 Å². The molecule has 0 saturated carbocycles. The van der Waals surface area contributed by atoms with Crippen molar-refractivity contribution in [2.45, 2.75) is 19.9 Å². The van der Waals surface area contributed by atoms with E-state index in [0.29, 0.717) is 0 Å². The van der Waals surface area contributed by atoms with Gasteiger partial charge in [0.25, 0.3) is 0 Å². The van der Waals surface area contributed by atoms with E-state index in [9.17, 15) is 0 Å². The van der Waals surface area contributed by atoms with Crippen molar-refractivity contribution in [3.05, 3.63) is 23.8 Å². The van der Waals surface area contributed by atoms with E-state index in [1.54, 1.807) is 0 Å². The van der Waals surface area contributed by atoms with Crippen LogP contribution in [0.4, 0.5) is 0 Å². The summed E-state index contributed by atoms with van der Waals surface area (Å²) in [6.07, 6.45) is 3.66. The molecule has 1 aromatic rings. The van der Waals surface area contributed by atoms with Gasteiger partial charge in [-0.25, -0.2) is 9.97 Å². The predicted molar refractivity (Wildman–Crippen MR) is 44.2 cm³/mol. The van der Waals surface area contributed by atoms with Gasteiger partial charge in [0.1, 0.15) is 5.82 Å². The lowest BCUT2D eigenvalue weighted by Crippen LogP contribution is -2.15. The van der Waals surface area contributed by atoms with Gasteiger partial charge in [-0.05, 0) is 26.5 Å². The van der Waals surface area contributed by atoms with Crippen molar-refractivity contribution >= 4 is 0 Å². The Morgan fingerprint density at radius 3 is 2.36 bits per heavy atom. The van der Waals surface area contributed by atoms with Crippen LogP contribution >= 0.6 is 0 Å². The zero-order valence-corrected chi connectivity index (χ0v) is 7.13. The van der Waals surface area contributed by atoms with Crippen LogP contribution in [-0.4, -0.2) is 17.0 Å². The first-order valence-corrected chi connectivity index (χ1v) is 3.70. The summed E-state index contributed by atoms with van der Waals surface area (Å²) in [7, 11) is 1.90. The van der Waals surface area contributed by atoms with Gasteiger partial charge in [0, 0.05) is 12.4 Å². The first kappa shape index (κ1) is 8.14. The lowest BCUT2D eigenvalue weighted by molar-refractivity contribution is 0.609. The van der Waals surface area contributed by atoms with Crippen LogP contribution < -0.4 is 5.32 Å². The van der Waals surface area contributed by atoms with E-state index in [0.717, 1.165) is 11.4 Å². The summed E-state index contributed by atoms with van der Waals surface area (Å²) in [5.41, 5.74) is 1.09. The quantitative estimate of drug-likeness (QED) is 0.687. The van der Waals surface area contributed by atoms with E-state index in [1.807, 2.05) is 33.3 Å². The van der Waals surface area contributed by atoms with E-state index >= 15 is 0 Å². The summed E-state index contributed by atoms with van der Waals surface area (Å²) in [6, 6.07) is 0.232. The van der Waals surface area contributed by atoms with Crippen molar-refractivity contribution in [2.24, 2.45) is 0 Å². The smallest absolute Gasteiger partial charge is 0.144 e. The Kier molecular flexibility index (Phi) is 2.54. The Labute approximate surface area is 66.9 Å². The standard InChI is InChI=1S/C8H13N3/c1-6-4-10-8(11-5-6)7(2)9-3/h4-5,7,9H,1-3H3. The fraction of sp³-hybridized carbons (Fsp3) is 0.500. The third-order valence-corrected chi connectivity index (χ3v) is 1.62. The average molecular weight is 151 g/mol. The third kappa shape index (κ3) is 1.98. The molecule has 1 heterocycles. The van der Waals surface area contributed by atoms with Crippen molar-refractivity contribution in [1.29, 1.82) is 0 Å². The topological polar surface area (TPSA) is 37.8 Å². The number of hydrogen-bond donors (Lipinski definition) is 1. The molecule has 1 N–H and O–H groups in total. The predicted octanol–water partition coefficient (Wildman–Crippen LogP) is 1.07. The van der Waals surface area contributed by atoms with Crippen LogP contribution in [0.15, 0.2) is 12.4 Å². The van der Waals surface area contributed by atoms with Crippen molar-refractivity contribution in [1.82, 2.24) is 15.3 Å². The first-order valence-electron chi connectivity index (χ1n) is 3.70. The molecule has 0 aromatic carbocycles. The van der Waals surface area contributed by atoms with Crippen molar-refractivity contribution in [2.75, 3.05) is 7.05 Å². The molecule has 1 rings (SSSR count). The molecule has 0 fully saturated rings. The molecular formula is C8H13N3. The SMILES string of the molecule is CNC(C)c1ncc(C)cn1. The molecule has 3 heteroatoms. The van der Waals surface area contributed by atoms with Crippen LogP contribution in [0, 0.1) is 6.92 Å². The second-order valence-electron chi connectivity index (χ2n) is 2.63. The average Bonchev–Trinajstić information content (AvgIpc) is 2.05. The van der Waals surface area contributed by atoms with Gasteiger partial charge < -0.3 is 5.32 Å². The number of aromatic nitrogens is 2. The molecular weight excluding hydrogens is 138 g/mol. The summed E-state index contributed by atoms with van der Waals surface area (Å²) in [5, 5.41) is 3.08. The van der Waals surface area contributed by atoms with Crippen molar-refractivity contribution in [3.8, 4) is 0 Å². The normalized spacial score (nSPS) is 13.0. The third-order valence-electron chi connectivity index (χ3n) is 1.62. The van der Waals surface area contributed by atoms with Crippen LogP contribution in [0.5, 0.6) is 0 Å². The highest BCUT2D eigenvalue weighted by Crippen LogP contribution is 2.03. The molecule has 11 heavy (non-hydrogen) atoms. The van der Waals surface area contributed by atoms with E-state index in [4.69, 9.17) is 0 Å². The molecule has 0 spiro atoms. The van der Waals surface area contributed by atoms with Gasteiger partial charge in [0.15, 0.2) is 0 Å². The van der Waals surface area contributed by atoms with Crippen LogP contribution in [0.2, 0.25) is 0 Å². The van der Waals surface area contributed by atoms with Gasteiger partial charge in [-0.2, -0.15) is 0 Å². The number of aryl methyl sites for hydroxylation is 1. The second-order valence-corrected chi connectivity index (χ2v) is 2.63. The molecule has 60 valence electrons. The maximum Gasteiger partial charge on any atom is 0.144 e. The van der Waals surface area contributed by atoms with Crippen LogP contribution in [0.3, 0.4) is 0 Å². The molecule has 1 atom stereocenters. The maximum atomic E-state index is 4.18. The zero-order chi connectivity index (χ0) is 8.27.